The number of amides is 1. The van der Waals surface area contributed by atoms with E-state index in [0.29, 0.717) is 6.42 Å². The molecule has 2 aromatic rings. The number of rotatable bonds is 2. The number of nitrogens with zero attached hydrogens (tertiary/aromatic N) is 3. The van der Waals surface area contributed by atoms with Crippen LogP contribution in [0.5, 0.6) is 5.75 Å². The second-order valence-electron chi connectivity index (χ2n) is 5.98. The van der Waals surface area contributed by atoms with E-state index in [9.17, 15) is 4.79 Å². The zero-order chi connectivity index (χ0) is 14.9. The predicted octanol–water partition coefficient (Wildman–Crippen LogP) is 2.05. The molecule has 1 saturated heterocycles. The van der Waals surface area contributed by atoms with Gasteiger partial charge in [0, 0.05) is 31.9 Å². The molecule has 2 atom stereocenters. The highest BCUT2D eigenvalue weighted by Crippen LogP contribution is 2.30. The minimum Gasteiger partial charge on any atom is -0.480 e. The van der Waals surface area contributed by atoms with Gasteiger partial charge in [0.05, 0.1) is 6.04 Å². The van der Waals surface area contributed by atoms with Crippen LogP contribution in [-0.2, 0) is 11.2 Å². The molecular formula is C17H19N3O2. The summed E-state index contributed by atoms with van der Waals surface area (Å²) in [6.45, 7) is 1.53. The minimum atomic E-state index is -0.367. The second kappa shape index (κ2) is 5.48. The van der Waals surface area contributed by atoms with Gasteiger partial charge in [-0.05, 0) is 30.5 Å². The normalized spacial score (nSPS) is 23.9. The molecule has 3 heterocycles. The Morgan fingerprint density at radius 1 is 1.27 bits per heavy atom. The minimum absolute atomic E-state index is 0.105. The molecule has 1 aromatic heterocycles. The fourth-order valence-electron chi connectivity index (χ4n) is 3.39. The first-order valence-corrected chi connectivity index (χ1v) is 7.84. The van der Waals surface area contributed by atoms with Crippen LogP contribution in [-0.4, -0.2) is 39.8 Å². The largest absolute Gasteiger partial charge is 0.480 e. The number of hydrogen-bond donors (Lipinski definition) is 0. The molecule has 2 aliphatic rings. The summed E-state index contributed by atoms with van der Waals surface area (Å²) >= 11 is 0. The maximum absolute atomic E-state index is 12.8. The van der Waals surface area contributed by atoms with Crippen molar-refractivity contribution in [3.8, 4) is 5.75 Å². The van der Waals surface area contributed by atoms with Crippen LogP contribution >= 0.6 is 0 Å². The summed E-state index contributed by atoms with van der Waals surface area (Å²) in [6.07, 6.45) is 6.15. The number of aromatic nitrogens is 2. The van der Waals surface area contributed by atoms with Crippen molar-refractivity contribution in [1.29, 1.82) is 0 Å². The first-order valence-electron chi connectivity index (χ1n) is 7.84. The number of para-hydroxylation sites is 1. The quantitative estimate of drug-likeness (QED) is 0.852. The molecule has 2 unspecified atom stereocenters. The molecular weight excluding hydrogens is 278 g/mol. The molecule has 0 N–H and O–H groups in total. The Kier molecular flexibility index (Phi) is 3.33. The van der Waals surface area contributed by atoms with Crippen LogP contribution in [0.15, 0.2) is 42.7 Å². The van der Waals surface area contributed by atoms with Gasteiger partial charge in [-0.25, -0.2) is 0 Å². The van der Waals surface area contributed by atoms with Crippen molar-refractivity contribution >= 4 is 5.91 Å². The van der Waals surface area contributed by atoms with Gasteiger partial charge in [-0.2, -0.15) is 5.10 Å². The van der Waals surface area contributed by atoms with Gasteiger partial charge in [0.15, 0.2) is 6.10 Å². The summed E-state index contributed by atoms with van der Waals surface area (Å²) < 4.78 is 7.80. The second-order valence-corrected chi connectivity index (χ2v) is 5.98. The number of hydrogen-bond acceptors (Lipinski definition) is 3. The lowest BCUT2D eigenvalue weighted by Crippen LogP contribution is -2.46. The zero-order valence-electron chi connectivity index (χ0n) is 12.4. The van der Waals surface area contributed by atoms with Gasteiger partial charge < -0.3 is 9.64 Å². The highest BCUT2D eigenvalue weighted by molar-refractivity contribution is 5.82. The molecule has 1 fully saturated rings. The maximum Gasteiger partial charge on any atom is 0.264 e. The van der Waals surface area contributed by atoms with Gasteiger partial charge in [0.25, 0.3) is 5.91 Å². The molecule has 22 heavy (non-hydrogen) atoms. The van der Waals surface area contributed by atoms with Crippen LogP contribution in [0.4, 0.5) is 0 Å². The summed E-state index contributed by atoms with van der Waals surface area (Å²) in [5.74, 6) is 0.953. The van der Waals surface area contributed by atoms with Crippen LogP contribution in [0.1, 0.15) is 24.4 Å². The number of piperidine rings is 1. The molecule has 1 aromatic carbocycles. The molecule has 1 amide bonds. The molecule has 0 bridgehead atoms. The molecule has 0 saturated carbocycles. The lowest BCUT2D eigenvalue weighted by molar-refractivity contribution is -0.139. The average Bonchev–Trinajstić information content (AvgIpc) is 3.23. The molecule has 0 radical (unpaired) electrons. The van der Waals surface area contributed by atoms with Crippen LogP contribution in [0.25, 0.3) is 0 Å². The molecule has 0 aliphatic carbocycles. The summed E-state index contributed by atoms with van der Waals surface area (Å²) in [6, 6.07) is 10.1. The summed E-state index contributed by atoms with van der Waals surface area (Å²) in [4.78, 5) is 14.7. The Bertz CT molecular complexity index is 643. The lowest BCUT2D eigenvalue weighted by Gasteiger charge is -2.34. The Morgan fingerprint density at radius 2 is 2.18 bits per heavy atom. The number of carbonyl (C=O) groups excluding carboxylic acids is 1. The highest BCUT2D eigenvalue weighted by Gasteiger charge is 2.34. The van der Waals surface area contributed by atoms with E-state index >= 15 is 0 Å². The fraction of sp³-hybridized carbons (Fsp3) is 0.412. The maximum atomic E-state index is 12.8. The third-order valence-electron chi connectivity index (χ3n) is 4.53. The first kappa shape index (κ1) is 13.4. The number of fused-ring (bicyclic) bond motifs is 1. The van der Waals surface area contributed by atoms with Crippen molar-refractivity contribution in [1.82, 2.24) is 14.7 Å². The zero-order valence-corrected chi connectivity index (χ0v) is 12.4. The van der Waals surface area contributed by atoms with Crippen LogP contribution in [0, 0.1) is 0 Å². The Hall–Kier alpha value is -2.30. The molecule has 0 spiro atoms. The topological polar surface area (TPSA) is 47.4 Å². The molecule has 2 aliphatic heterocycles. The monoisotopic (exact) mass is 297 g/mol. The lowest BCUT2D eigenvalue weighted by atomic mass is 10.0. The van der Waals surface area contributed by atoms with E-state index in [1.54, 1.807) is 6.20 Å². The summed E-state index contributed by atoms with van der Waals surface area (Å²) in [5.41, 5.74) is 1.13. The number of carbonyl (C=O) groups is 1. The van der Waals surface area contributed by atoms with Crippen molar-refractivity contribution in [2.45, 2.75) is 31.4 Å². The number of likely N-dealkylation sites (tertiary alicyclic amines) is 1. The highest BCUT2D eigenvalue weighted by atomic mass is 16.5. The van der Waals surface area contributed by atoms with Gasteiger partial charge in [0.2, 0.25) is 0 Å². The third kappa shape index (κ3) is 2.36. The molecule has 4 rings (SSSR count). The van der Waals surface area contributed by atoms with E-state index in [2.05, 4.69) is 5.10 Å². The number of ether oxygens (including phenoxy) is 1. The Labute approximate surface area is 129 Å². The van der Waals surface area contributed by atoms with E-state index in [-0.39, 0.29) is 18.1 Å². The molecule has 5 heteroatoms. The average molecular weight is 297 g/mol. The smallest absolute Gasteiger partial charge is 0.264 e. The van der Waals surface area contributed by atoms with E-state index < -0.39 is 0 Å². The van der Waals surface area contributed by atoms with Crippen LogP contribution in [0.2, 0.25) is 0 Å². The fourth-order valence-corrected chi connectivity index (χ4v) is 3.39. The number of benzene rings is 1. The molecule has 5 nitrogen and oxygen atoms in total. The predicted molar refractivity (Wildman–Crippen MR) is 81.6 cm³/mol. The van der Waals surface area contributed by atoms with Gasteiger partial charge in [0.1, 0.15) is 5.75 Å². The SMILES string of the molecule is O=C(C1Cc2ccccc2O1)N1CCCC(n2cccn2)C1. The van der Waals surface area contributed by atoms with E-state index in [1.807, 2.05) is 46.1 Å². The standard InChI is InChI=1S/C17H19N3O2/c21-17(16-11-13-5-1-2-7-15(13)22-16)19-9-3-6-14(12-19)20-10-4-8-18-20/h1-2,4-5,7-8,10,14,16H,3,6,9,11-12H2. The van der Waals surface area contributed by atoms with E-state index in [0.717, 1.165) is 37.2 Å². The van der Waals surface area contributed by atoms with Gasteiger partial charge in [-0.15, -0.1) is 0 Å². The Balaban J connectivity index is 1.45. The molecule has 114 valence electrons. The van der Waals surface area contributed by atoms with Crippen molar-refractivity contribution in [2.75, 3.05) is 13.1 Å². The van der Waals surface area contributed by atoms with Gasteiger partial charge in [-0.1, -0.05) is 18.2 Å². The van der Waals surface area contributed by atoms with Crippen molar-refractivity contribution in [3.63, 3.8) is 0 Å². The Morgan fingerprint density at radius 3 is 3.00 bits per heavy atom. The van der Waals surface area contributed by atoms with Crippen LogP contribution < -0.4 is 4.74 Å². The van der Waals surface area contributed by atoms with E-state index in [4.69, 9.17) is 4.74 Å². The van der Waals surface area contributed by atoms with Crippen molar-refractivity contribution in [2.24, 2.45) is 0 Å². The van der Waals surface area contributed by atoms with Gasteiger partial charge in [-0.3, -0.25) is 9.48 Å². The van der Waals surface area contributed by atoms with Crippen LogP contribution in [0.3, 0.4) is 0 Å². The first-order chi connectivity index (χ1) is 10.8. The van der Waals surface area contributed by atoms with Crippen molar-refractivity contribution < 1.29 is 9.53 Å². The van der Waals surface area contributed by atoms with E-state index in [1.165, 1.54) is 0 Å². The third-order valence-corrected chi connectivity index (χ3v) is 4.53. The summed E-state index contributed by atoms with van der Waals surface area (Å²) in [5, 5.41) is 4.31. The summed E-state index contributed by atoms with van der Waals surface area (Å²) in [7, 11) is 0. The van der Waals surface area contributed by atoms with Crippen molar-refractivity contribution in [3.05, 3.63) is 48.3 Å². The van der Waals surface area contributed by atoms with Gasteiger partial charge >= 0.3 is 0 Å².